The Bertz CT molecular complexity index is 697. The molecule has 0 aliphatic carbocycles. The molecule has 0 fully saturated rings. The molecule has 7 heteroatoms. The summed E-state index contributed by atoms with van der Waals surface area (Å²) < 4.78 is 1.68. The number of amides is 1. The molecule has 0 spiro atoms. The van der Waals surface area contributed by atoms with Crippen LogP contribution in [0.15, 0.2) is 23.6 Å². The Morgan fingerprint density at radius 3 is 2.50 bits per heavy atom. The first-order chi connectivity index (χ1) is 9.52. The number of aromatic nitrogens is 4. The number of rotatable bonds is 2. The summed E-state index contributed by atoms with van der Waals surface area (Å²) in [4.78, 5) is 20.6. The summed E-state index contributed by atoms with van der Waals surface area (Å²) in [5.74, 6) is 0.195. The van der Waals surface area contributed by atoms with Crippen molar-refractivity contribution < 1.29 is 4.79 Å². The normalized spacial score (nSPS) is 14.8. The van der Waals surface area contributed by atoms with Crippen LogP contribution in [0.1, 0.15) is 23.4 Å². The van der Waals surface area contributed by atoms with E-state index in [-0.39, 0.29) is 12.3 Å². The van der Waals surface area contributed by atoms with Crippen LogP contribution in [-0.4, -0.2) is 31.4 Å². The smallest absolute Gasteiger partial charge is 0.256 e. The van der Waals surface area contributed by atoms with Gasteiger partial charge >= 0.3 is 0 Å². The molecule has 2 aromatic rings. The van der Waals surface area contributed by atoms with Crippen molar-refractivity contribution in [3.05, 3.63) is 35.4 Å². The molecular weight excluding hydrogens is 256 g/mol. The van der Waals surface area contributed by atoms with Crippen LogP contribution in [-0.2, 0) is 11.8 Å². The highest BCUT2D eigenvalue weighted by Gasteiger charge is 2.28. The van der Waals surface area contributed by atoms with Crippen LogP contribution in [0.3, 0.4) is 0 Å². The van der Waals surface area contributed by atoms with Crippen molar-refractivity contribution in [3.8, 4) is 0 Å². The Labute approximate surface area is 116 Å². The van der Waals surface area contributed by atoms with Gasteiger partial charge in [-0.05, 0) is 19.9 Å². The number of hydrogen-bond donors (Lipinski definition) is 0. The zero-order chi connectivity index (χ0) is 14.3. The van der Waals surface area contributed by atoms with Crippen molar-refractivity contribution in [1.29, 1.82) is 0 Å². The SMILES string of the molecule is Cc1cc(C)nc(N2N=C(c3cnn(C)c3)CC2=O)n1. The first-order valence-electron chi connectivity index (χ1n) is 6.24. The molecule has 0 unspecified atom stereocenters. The maximum Gasteiger partial charge on any atom is 0.256 e. The Hall–Kier alpha value is -2.57. The maximum atomic E-state index is 12.1. The highest BCUT2D eigenvalue weighted by Crippen LogP contribution is 2.20. The summed E-state index contributed by atoms with van der Waals surface area (Å²) in [6, 6.07) is 1.86. The highest BCUT2D eigenvalue weighted by molar-refractivity contribution is 6.18. The fourth-order valence-electron chi connectivity index (χ4n) is 2.12. The Kier molecular flexibility index (Phi) is 2.81. The zero-order valence-corrected chi connectivity index (χ0v) is 11.5. The van der Waals surface area contributed by atoms with Gasteiger partial charge in [-0.25, -0.2) is 9.97 Å². The zero-order valence-electron chi connectivity index (χ0n) is 11.5. The van der Waals surface area contributed by atoms with E-state index in [4.69, 9.17) is 0 Å². The van der Waals surface area contributed by atoms with Gasteiger partial charge in [0.25, 0.3) is 11.9 Å². The molecule has 0 atom stereocenters. The Morgan fingerprint density at radius 1 is 1.20 bits per heavy atom. The number of hydrogen-bond acceptors (Lipinski definition) is 5. The van der Waals surface area contributed by atoms with E-state index in [0.717, 1.165) is 17.0 Å². The van der Waals surface area contributed by atoms with Gasteiger partial charge in [0, 0.05) is 30.2 Å². The summed E-state index contributed by atoms with van der Waals surface area (Å²) in [6.07, 6.45) is 3.76. The molecular formula is C13H14N6O. The van der Waals surface area contributed by atoms with E-state index >= 15 is 0 Å². The summed E-state index contributed by atoms with van der Waals surface area (Å²) in [5, 5.41) is 9.68. The predicted molar refractivity (Wildman–Crippen MR) is 73.4 cm³/mol. The van der Waals surface area contributed by atoms with E-state index in [1.54, 1.807) is 10.9 Å². The summed E-state index contributed by atoms with van der Waals surface area (Å²) in [5.41, 5.74) is 3.15. The molecule has 1 aliphatic rings. The quantitative estimate of drug-likeness (QED) is 0.814. The third kappa shape index (κ3) is 2.18. The van der Waals surface area contributed by atoms with Crippen LogP contribution < -0.4 is 5.01 Å². The Morgan fingerprint density at radius 2 is 1.90 bits per heavy atom. The molecule has 102 valence electrons. The van der Waals surface area contributed by atoms with Crippen molar-refractivity contribution in [1.82, 2.24) is 19.7 Å². The van der Waals surface area contributed by atoms with Crippen LogP contribution in [0.4, 0.5) is 5.95 Å². The standard InChI is InChI=1S/C13H14N6O/c1-8-4-9(2)16-13(15-8)19-12(20)5-11(17-19)10-6-14-18(3)7-10/h4,6-7H,5H2,1-3H3. The van der Waals surface area contributed by atoms with Crippen LogP contribution in [0.2, 0.25) is 0 Å². The number of hydrazone groups is 1. The van der Waals surface area contributed by atoms with Gasteiger partial charge in [0.1, 0.15) is 0 Å². The molecule has 3 rings (SSSR count). The number of carbonyl (C=O) groups excluding carboxylic acids is 1. The number of anilines is 1. The van der Waals surface area contributed by atoms with E-state index < -0.39 is 0 Å². The molecule has 2 aromatic heterocycles. The molecule has 0 saturated carbocycles. The average Bonchev–Trinajstić information content (AvgIpc) is 2.94. The fourth-order valence-corrected chi connectivity index (χ4v) is 2.12. The van der Waals surface area contributed by atoms with Crippen molar-refractivity contribution in [2.45, 2.75) is 20.3 Å². The molecule has 20 heavy (non-hydrogen) atoms. The minimum Gasteiger partial charge on any atom is -0.275 e. The molecule has 7 nitrogen and oxygen atoms in total. The highest BCUT2D eigenvalue weighted by atomic mass is 16.2. The minimum absolute atomic E-state index is 0.131. The number of carbonyl (C=O) groups is 1. The van der Waals surface area contributed by atoms with E-state index in [1.807, 2.05) is 33.2 Å². The molecule has 0 bridgehead atoms. The topological polar surface area (TPSA) is 76.3 Å². The molecule has 0 N–H and O–H groups in total. The monoisotopic (exact) mass is 270 g/mol. The third-order valence-corrected chi connectivity index (χ3v) is 2.97. The fraction of sp³-hybridized carbons (Fsp3) is 0.308. The Balaban J connectivity index is 1.98. The second kappa shape index (κ2) is 4.52. The van der Waals surface area contributed by atoms with Gasteiger partial charge < -0.3 is 0 Å². The van der Waals surface area contributed by atoms with Crippen LogP contribution in [0.25, 0.3) is 0 Å². The van der Waals surface area contributed by atoms with E-state index in [0.29, 0.717) is 11.7 Å². The van der Waals surface area contributed by atoms with Gasteiger partial charge in [-0.15, -0.1) is 0 Å². The maximum absolute atomic E-state index is 12.1. The predicted octanol–water partition coefficient (Wildman–Crippen LogP) is 0.968. The van der Waals surface area contributed by atoms with Crippen molar-refractivity contribution >= 4 is 17.6 Å². The lowest BCUT2D eigenvalue weighted by molar-refractivity contribution is -0.117. The third-order valence-electron chi connectivity index (χ3n) is 2.97. The lowest BCUT2D eigenvalue weighted by Gasteiger charge is -2.10. The van der Waals surface area contributed by atoms with Crippen LogP contribution in [0, 0.1) is 13.8 Å². The van der Waals surface area contributed by atoms with Crippen LogP contribution >= 0.6 is 0 Å². The largest absolute Gasteiger partial charge is 0.275 e. The lowest BCUT2D eigenvalue weighted by atomic mass is 10.2. The molecule has 0 radical (unpaired) electrons. The van der Waals surface area contributed by atoms with Gasteiger partial charge in [-0.3, -0.25) is 9.48 Å². The number of nitrogens with zero attached hydrogens (tertiary/aromatic N) is 6. The van der Waals surface area contributed by atoms with Crippen molar-refractivity contribution in [2.75, 3.05) is 5.01 Å². The second-order valence-electron chi connectivity index (χ2n) is 4.78. The summed E-state index contributed by atoms with van der Waals surface area (Å²) in [6.45, 7) is 3.73. The van der Waals surface area contributed by atoms with Crippen molar-refractivity contribution in [2.24, 2.45) is 12.1 Å². The van der Waals surface area contributed by atoms with Crippen molar-refractivity contribution in [3.63, 3.8) is 0 Å². The van der Waals surface area contributed by atoms with Gasteiger partial charge in [-0.1, -0.05) is 0 Å². The molecule has 1 amide bonds. The van der Waals surface area contributed by atoms with Gasteiger partial charge in [0.05, 0.1) is 18.3 Å². The van der Waals surface area contributed by atoms with Gasteiger partial charge in [0.2, 0.25) is 0 Å². The minimum atomic E-state index is -0.131. The summed E-state index contributed by atoms with van der Waals surface area (Å²) in [7, 11) is 1.83. The van der Waals surface area contributed by atoms with E-state index in [9.17, 15) is 4.79 Å². The van der Waals surface area contributed by atoms with Crippen LogP contribution in [0.5, 0.6) is 0 Å². The molecule has 0 saturated heterocycles. The second-order valence-corrected chi connectivity index (χ2v) is 4.78. The lowest BCUT2D eigenvalue weighted by Crippen LogP contribution is -2.22. The molecule has 3 heterocycles. The first-order valence-corrected chi connectivity index (χ1v) is 6.24. The number of aryl methyl sites for hydroxylation is 3. The molecule has 0 aromatic carbocycles. The van der Waals surface area contributed by atoms with Gasteiger partial charge in [-0.2, -0.15) is 15.2 Å². The first kappa shape index (κ1) is 12.5. The average molecular weight is 270 g/mol. The summed E-state index contributed by atoms with van der Waals surface area (Å²) >= 11 is 0. The van der Waals surface area contributed by atoms with Gasteiger partial charge in [0.15, 0.2) is 0 Å². The van der Waals surface area contributed by atoms with E-state index in [2.05, 4.69) is 20.2 Å². The van der Waals surface area contributed by atoms with E-state index in [1.165, 1.54) is 5.01 Å². The molecule has 1 aliphatic heterocycles.